The molecular formula is C16H20N+. The first-order valence-corrected chi connectivity index (χ1v) is 6.05. The molecule has 17 heavy (non-hydrogen) atoms. The molecule has 0 fully saturated rings. The molecule has 1 aliphatic heterocycles. The summed E-state index contributed by atoms with van der Waals surface area (Å²) in [5, 5.41) is 0. The third kappa shape index (κ3) is 1.77. The molecular weight excluding hydrogens is 206 g/mol. The van der Waals surface area contributed by atoms with Crippen LogP contribution in [-0.4, -0.2) is 17.3 Å². The Morgan fingerprint density at radius 3 is 2.59 bits per heavy atom. The zero-order chi connectivity index (χ0) is 12.6. The number of para-hydroxylation sites is 1. The molecule has 1 aliphatic rings. The largest absolute Gasteiger partial charge is 0.209 e. The van der Waals surface area contributed by atoms with Crippen molar-refractivity contribution in [1.29, 1.82) is 0 Å². The van der Waals surface area contributed by atoms with E-state index in [2.05, 4.69) is 75.4 Å². The van der Waals surface area contributed by atoms with Crippen LogP contribution in [0.4, 0.5) is 5.69 Å². The van der Waals surface area contributed by atoms with Crippen LogP contribution in [0.3, 0.4) is 0 Å². The van der Waals surface area contributed by atoms with Gasteiger partial charge in [0.2, 0.25) is 5.69 Å². The van der Waals surface area contributed by atoms with E-state index < -0.39 is 0 Å². The van der Waals surface area contributed by atoms with E-state index >= 15 is 0 Å². The van der Waals surface area contributed by atoms with Gasteiger partial charge >= 0.3 is 0 Å². The predicted octanol–water partition coefficient (Wildman–Crippen LogP) is 3.81. The van der Waals surface area contributed by atoms with E-state index in [1.54, 1.807) is 0 Å². The van der Waals surface area contributed by atoms with E-state index in [0.29, 0.717) is 0 Å². The molecule has 0 amide bonds. The summed E-state index contributed by atoms with van der Waals surface area (Å²) in [5.41, 5.74) is 8.58. The fraction of sp³-hybridized carbons (Fsp3) is 0.375. The van der Waals surface area contributed by atoms with Gasteiger partial charge < -0.3 is 0 Å². The molecule has 1 nitrogen and oxygen atoms in total. The molecule has 1 aromatic carbocycles. The summed E-state index contributed by atoms with van der Waals surface area (Å²) in [6, 6.07) is 8.60. The number of hydrogen-bond donors (Lipinski definition) is 0. The van der Waals surface area contributed by atoms with Crippen LogP contribution in [0.1, 0.15) is 33.3 Å². The van der Waals surface area contributed by atoms with Crippen LogP contribution in [0.25, 0.3) is 0 Å². The van der Waals surface area contributed by atoms with Gasteiger partial charge in [-0.1, -0.05) is 18.2 Å². The Bertz CT molecular complexity index is 553. The highest BCUT2D eigenvalue weighted by Gasteiger charge is 2.43. The topological polar surface area (TPSA) is 3.01 Å². The highest BCUT2D eigenvalue weighted by Crippen LogP contribution is 2.39. The van der Waals surface area contributed by atoms with E-state index in [-0.39, 0.29) is 5.41 Å². The van der Waals surface area contributed by atoms with Gasteiger partial charge in [0, 0.05) is 18.6 Å². The zero-order valence-corrected chi connectivity index (χ0v) is 11.3. The minimum absolute atomic E-state index is 0.0252. The predicted molar refractivity (Wildman–Crippen MR) is 73.3 cm³/mol. The number of rotatable bonds is 1. The molecule has 1 heteroatoms. The second kappa shape index (κ2) is 4.01. The molecule has 1 unspecified atom stereocenters. The van der Waals surface area contributed by atoms with Gasteiger partial charge in [-0.2, -0.15) is 0 Å². The molecule has 0 saturated carbocycles. The van der Waals surface area contributed by atoms with Gasteiger partial charge in [0.15, 0.2) is 5.71 Å². The molecule has 2 rings (SSSR count). The van der Waals surface area contributed by atoms with E-state index in [1.165, 1.54) is 22.5 Å². The molecule has 0 aromatic heterocycles. The average molecular weight is 226 g/mol. The molecule has 0 radical (unpaired) electrons. The quantitative estimate of drug-likeness (QED) is 0.506. The maximum Gasteiger partial charge on any atom is 0.209 e. The van der Waals surface area contributed by atoms with Crippen LogP contribution in [0.15, 0.2) is 41.6 Å². The van der Waals surface area contributed by atoms with E-state index in [0.717, 1.165) is 0 Å². The third-order valence-corrected chi connectivity index (χ3v) is 3.73. The molecule has 1 aromatic rings. The third-order valence-electron chi connectivity index (χ3n) is 3.73. The SMILES string of the molecule is CC(C)=C=CC1(C)C(C)=[N+](C)c2ccccc21. The Kier molecular flexibility index (Phi) is 2.81. The lowest BCUT2D eigenvalue weighted by Gasteiger charge is -2.15. The van der Waals surface area contributed by atoms with Crippen molar-refractivity contribution in [2.45, 2.75) is 33.1 Å². The summed E-state index contributed by atoms with van der Waals surface area (Å²) in [6.07, 6.45) is 2.19. The fourth-order valence-electron chi connectivity index (χ4n) is 2.40. The maximum atomic E-state index is 3.36. The average Bonchev–Trinajstić information content (AvgIpc) is 2.51. The van der Waals surface area contributed by atoms with Crippen LogP contribution < -0.4 is 0 Å². The van der Waals surface area contributed by atoms with E-state index in [9.17, 15) is 0 Å². The van der Waals surface area contributed by atoms with Gasteiger partial charge in [-0.3, -0.25) is 0 Å². The molecule has 1 heterocycles. The zero-order valence-electron chi connectivity index (χ0n) is 11.3. The van der Waals surface area contributed by atoms with Crippen molar-refractivity contribution >= 4 is 11.4 Å². The van der Waals surface area contributed by atoms with Gasteiger partial charge in [0.05, 0.1) is 0 Å². The molecule has 0 N–H and O–H groups in total. The monoisotopic (exact) mass is 226 g/mol. The van der Waals surface area contributed by atoms with Crippen molar-refractivity contribution in [3.63, 3.8) is 0 Å². The van der Waals surface area contributed by atoms with Crippen molar-refractivity contribution in [2.75, 3.05) is 7.05 Å². The number of fused-ring (bicyclic) bond motifs is 1. The van der Waals surface area contributed by atoms with Crippen LogP contribution in [0, 0.1) is 0 Å². The molecule has 0 saturated heterocycles. The summed E-state index contributed by atoms with van der Waals surface area (Å²) >= 11 is 0. The second-order valence-electron chi connectivity index (χ2n) is 5.15. The van der Waals surface area contributed by atoms with Gasteiger partial charge in [-0.05, 0) is 32.4 Å². The number of benzene rings is 1. The first kappa shape index (κ1) is 11.9. The van der Waals surface area contributed by atoms with Crippen LogP contribution in [0.5, 0.6) is 0 Å². The standard InChI is InChI=1S/C16H20N/c1-12(2)10-11-16(4)13(3)17(5)15-9-7-6-8-14(15)16/h6-9,11H,1-5H3/q+1. The Balaban J connectivity index is 2.68. The summed E-state index contributed by atoms with van der Waals surface area (Å²) in [6.45, 7) is 8.63. The van der Waals surface area contributed by atoms with E-state index in [1.807, 2.05) is 0 Å². The molecule has 88 valence electrons. The summed E-state index contributed by atoms with van der Waals surface area (Å²) in [4.78, 5) is 0. The molecule has 1 atom stereocenters. The van der Waals surface area contributed by atoms with Gasteiger partial charge in [0.25, 0.3) is 0 Å². The Labute approximate surface area is 104 Å². The van der Waals surface area contributed by atoms with Crippen molar-refractivity contribution in [3.05, 3.63) is 47.2 Å². The maximum absolute atomic E-state index is 3.36. The lowest BCUT2D eigenvalue weighted by atomic mass is 9.80. The summed E-state index contributed by atoms with van der Waals surface area (Å²) < 4.78 is 2.28. The summed E-state index contributed by atoms with van der Waals surface area (Å²) in [5.74, 6) is 0. The first-order valence-electron chi connectivity index (χ1n) is 6.05. The van der Waals surface area contributed by atoms with Crippen molar-refractivity contribution < 1.29 is 4.58 Å². The highest BCUT2D eigenvalue weighted by molar-refractivity contribution is 5.95. The summed E-state index contributed by atoms with van der Waals surface area (Å²) in [7, 11) is 2.13. The first-order chi connectivity index (χ1) is 7.97. The normalized spacial score (nSPS) is 22.2. The number of hydrogen-bond acceptors (Lipinski definition) is 0. The number of allylic oxidation sites excluding steroid dienone is 1. The van der Waals surface area contributed by atoms with Crippen LogP contribution in [-0.2, 0) is 5.41 Å². The minimum atomic E-state index is -0.0252. The lowest BCUT2D eigenvalue weighted by molar-refractivity contribution is -0.402. The number of nitrogens with zero attached hydrogens (tertiary/aromatic N) is 1. The van der Waals surface area contributed by atoms with Crippen molar-refractivity contribution in [3.8, 4) is 0 Å². The Hall–Kier alpha value is -1.59. The highest BCUT2D eigenvalue weighted by atomic mass is 15.0. The van der Waals surface area contributed by atoms with Gasteiger partial charge in [-0.15, -0.1) is 5.73 Å². The molecule has 0 aliphatic carbocycles. The van der Waals surface area contributed by atoms with Crippen LogP contribution >= 0.6 is 0 Å². The second-order valence-corrected chi connectivity index (χ2v) is 5.15. The van der Waals surface area contributed by atoms with E-state index in [4.69, 9.17) is 0 Å². The minimum Gasteiger partial charge on any atom is -0.201 e. The molecule has 0 bridgehead atoms. The lowest BCUT2D eigenvalue weighted by Crippen LogP contribution is -2.26. The van der Waals surface area contributed by atoms with Crippen molar-refractivity contribution in [2.24, 2.45) is 0 Å². The van der Waals surface area contributed by atoms with Crippen molar-refractivity contribution in [1.82, 2.24) is 0 Å². The Morgan fingerprint density at radius 2 is 1.94 bits per heavy atom. The fourth-order valence-corrected chi connectivity index (χ4v) is 2.40. The Morgan fingerprint density at radius 1 is 1.29 bits per heavy atom. The smallest absolute Gasteiger partial charge is 0.201 e. The van der Waals surface area contributed by atoms with Gasteiger partial charge in [0.1, 0.15) is 12.5 Å². The van der Waals surface area contributed by atoms with Gasteiger partial charge in [-0.25, -0.2) is 4.58 Å². The molecule has 0 spiro atoms. The van der Waals surface area contributed by atoms with Crippen LogP contribution in [0.2, 0.25) is 0 Å².